The van der Waals surface area contributed by atoms with Gasteiger partial charge in [-0.2, -0.15) is 0 Å². The smallest absolute Gasteiger partial charge is 0.254 e. The maximum atomic E-state index is 12.4. The van der Waals surface area contributed by atoms with Crippen molar-refractivity contribution in [2.45, 2.75) is 12.8 Å². The average molecular weight is 372 g/mol. The maximum Gasteiger partial charge on any atom is 0.254 e. The summed E-state index contributed by atoms with van der Waals surface area (Å²) in [5, 5.41) is 3.79. The number of nitrogens with zero attached hydrogens (tertiary/aromatic N) is 2. The minimum Gasteiger partial charge on any atom is -0.338 e. The molecule has 0 atom stereocenters. The highest BCUT2D eigenvalue weighted by Gasteiger charge is 2.25. The third-order valence-electron chi connectivity index (χ3n) is 4.40. The fourth-order valence-electron chi connectivity index (χ4n) is 2.78. The highest BCUT2D eigenvalue weighted by atomic mass is 35.5. The van der Waals surface area contributed by atoms with Gasteiger partial charge in [0.15, 0.2) is 0 Å². The summed E-state index contributed by atoms with van der Waals surface area (Å²) in [4.78, 5) is 28.2. The first kappa shape index (κ1) is 19.0. The minimum absolute atomic E-state index is 0. The predicted octanol–water partition coefficient (Wildman–Crippen LogP) is 2.05. The number of rotatable bonds is 5. The largest absolute Gasteiger partial charge is 0.338 e. The number of carbonyl (C=O) groups is 2. The van der Waals surface area contributed by atoms with E-state index < -0.39 is 0 Å². The number of carbonyl (C=O) groups excluding carboxylic acids is 2. The van der Waals surface area contributed by atoms with E-state index >= 15 is 0 Å². The number of benzene rings is 1. The SMILES string of the molecule is Cl.O=C(CNCC1CC1)N1CCN(C(=O)c2cccc(Cl)c2)CC1. The number of hydrogen-bond acceptors (Lipinski definition) is 3. The van der Waals surface area contributed by atoms with Crippen molar-refractivity contribution in [3.63, 3.8) is 0 Å². The van der Waals surface area contributed by atoms with E-state index in [1.54, 1.807) is 29.2 Å². The van der Waals surface area contributed by atoms with Gasteiger partial charge in [0.25, 0.3) is 5.91 Å². The first-order valence-corrected chi connectivity index (χ1v) is 8.54. The zero-order valence-electron chi connectivity index (χ0n) is 13.5. The molecule has 1 heterocycles. The molecule has 1 aliphatic heterocycles. The zero-order chi connectivity index (χ0) is 16.2. The van der Waals surface area contributed by atoms with Crippen LogP contribution in [-0.4, -0.2) is 60.9 Å². The fraction of sp³-hybridized carbons (Fsp3) is 0.529. The van der Waals surface area contributed by atoms with E-state index in [-0.39, 0.29) is 24.2 Å². The van der Waals surface area contributed by atoms with Gasteiger partial charge >= 0.3 is 0 Å². The summed E-state index contributed by atoms with van der Waals surface area (Å²) in [6.45, 7) is 3.67. The molecule has 0 spiro atoms. The third-order valence-corrected chi connectivity index (χ3v) is 4.63. The van der Waals surface area contributed by atoms with Crippen LogP contribution in [0.2, 0.25) is 5.02 Å². The molecule has 0 bridgehead atoms. The summed E-state index contributed by atoms with van der Waals surface area (Å²) in [6, 6.07) is 6.99. The summed E-state index contributed by atoms with van der Waals surface area (Å²) in [7, 11) is 0. The van der Waals surface area contributed by atoms with Crippen molar-refractivity contribution in [1.82, 2.24) is 15.1 Å². The molecule has 2 amide bonds. The Bertz CT molecular complexity index is 585. The molecule has 5 nitrogen and oxygen atoms in total. The number of amides is 2. The number of piperazine rings is 1. The lowest BCUT2D eigenvalue weighted by molar-refractivity contribution is -0.131. The van der Waals surface area contributed by atoms with Crippen molar-refractivity contribution < 1.29 is 9.59 Å². The van der Waals surface area contributed by atoms with Gasteiger partial charge in [-0.15, -0.1) is 12.4 Å². The second-order valence-corrected chi connectivity index (χ2v) is 6.69. The standard InChI is InChI=1S/C17H22ClN3O2.ClH/c18-15-3-1-2-14(10-15)17(23)21-8-6-20(7-9-21)16(22)12-19-11-13-4-5-13;/h1-3,10,13,19H,4-9,11-12H2;1H. The molecule has 24 heavy (non-hydrogen) atoms. The summed E-state index contributed by atoms with van der Waals surface area (Å²) < 4.78 is 0. The van der Waals surface area contributed by atoms with Gasteiger partial charge < -0.3 is 15.1 Å². The molecule has 1 aromatic carbocycles. The zero-order valence-corrected chi connectivity index (χ0v) is 15.1. The van der Waals surface area contributed by atoms with Gasteiger partial charge in [-0.1, -0.05) is 17.7 Å². The van der Waals surface area contributed by atoms with Crippen LogP contribution in [0.3, 0.4) is 0 Å². The molecule has 7 heteroatoms. The molecular weight excluding hydrogens is 349 g/mol. The van der Waals surface area contributed by atoms with Gasteiger partial charge in [0.2, 0.25) is 5.91 Å². The highest BCUT2D eigenvalue weighted by Crippen LogP contribution is 2.27. The number of hydrogen-bond donors (Lipinski definition) is 1. The third kappa shape index (κ3) is 5.10. The van der Waals surface area contributed by atoms with Crippen LogP contribution in [0.4, 0.5) is 0 Å². The van der Waals surface area contributed by atoms with E-state index in [1.165, 1.54) is 12.8 Å². The molecule has 3 rings (SSSR count). The van der Waals surface area contributed by atoms with E-state index in [0.29, 0.717) is 43.3 Å². The molecule has 1 aromatic rings. The first-order valence-electron chi connectivity index (χ1n) is 8.17. The lowest BCUT2D eigenvalue weighted by Crippen LogP contribution is -2.52. The number of halogens is 2. The lowest BCUT2D eigenvalue weighted by Gasteiger charge is -2.35. The van der Waals surface area contributed by atoms with Crippen molar-refractivity contribution in [3.05, 3.63) is 34.9 Å². The topological polar surface area (TPSA) is 52.7 Å². The lowest BCUT2D eigenvalue weighted by atomic mass is 10.2. The van der Waals surface area contributed by atoms with Crippen molar-refractivity contribution in [2.75, 3.05) is 39.3 Å². The molecule has 0 aromatic heterocycles. The van der Waals surface area contributed by atoms with Crippen LogP contribution < -0.4 is 5.32 Å². The van der Waals surface area contributed by atoms with Gasteiger partial charge in [0, 0.05) is 36.8 Å². The molecule has 0 unspecified atom stereocenters. The highest BCUT2D eigenvalue weighted by molar-refractivity contribution is 6.30. The monoisotopic (exact) mass is 371 g/mol. The van der Waals surface area contributed by atoms with E-state index in [0.717, 1.165) is 12.5 Å². The first-order chi connectivity index (χ1) is 11.1. The summed E-state index contributed by atoms with van der Waals surface area (Å²) in [5.41, 5.74) is 0.600. The molecule has 2 fully saturated rings. The Morgan fingerprint density at radius 1 is 1.12 bits per heavy atom. The van der Waals surface area contributed by atoms with Crippen molar-refractivity contribution in [3.8, 4) is 0 Å². The van der Waals surface area contributed by atoms with E-state index in [4.69, 9.17) is 11.6 Å². The van der Waals surface area contributed by atoms with Crippen LogP contribution in [0, 0.1) is 5.92 Å². The van der Waals surface area contributed by atoms with Gasteiger partial charge in [0.1, 0.15) is 0 Å². The average Bonchev–Trinajstić information content (AvgIpc) is 3.38. The molecule has 2 aliphatic rings. The van der Waals surface area contributed by atoms with Crippen LogP contribution in [0.1, 0.15) is 23.2 Å². The van der Waals surface area contributed by atoms with Gasteiger partial charge in [-0.3, -0.25) is 9.59 Å². The summed E-state index contributed by atoms with van der Waals surface area (Å²) in [5.74, 6) is 0.877. The second-order valence-electron chi connectivity index (χ2n) is 6.26. The van der Waals surface area contributed by atoms with Crippen LogP contribution in [-0.2, 0) is 4.79 Å². The van der Waals surface area contributed by atoms with E-state index in [1.807, 2.05) is 4.90 Å². The van der Waals surface area contributed by atoms with Crippen molar-refractivity contribution >= 4 is 35.8 Å². The van der Waals surface area contributed by atoms with Crippen molar-refractivity contribution in [2.24, 2.45) is 5.92 Å². The summed E-state index contributed by atoms with van der Waals surface area (Å²) >= 11 is 5.94. The van der Waals surface area contributed by atoms with Crippen molar-refractivity contribution in [1.29, 1.82) is 0 Å². The molecule has 1 N–H and O–H groups in total. The Labute approximate surface area is 153 Å². The normalized spacial score (nSPS) is 17.4. The van der Waals surface area contributed by atoms with E-state index in [9.17, 15) is 9.59 Å². The number of nitrogens with one attached hydrogen (secondary N) is 1. The fourth-order valence-corrected chi connectivity index (χ4v) is 2.97. The van der Waals surface area contributed by atoms with Crippen LogP contribution >= 0.6 is 24.0 Å². The van der Waals surface area contributed by atoms with Crippen LogP contribution in [0.25, 0.3) is 0 Å². The second kappa shape index (κ2) is 8.70. The molecule has 0 radical (unpaired) electrons. The predicted molar refractivity (Wildman–Crippen MR) is 96.8 cm³/mol. The Kier molecular flexibility index (Phi) is 6.90. The molecule has 132 valence electrons. The maximum absolute atomic E-state index is 12.4. The summed E-state index contributed by atoms with van der Waals surface area (Å²) in [6.07, 6.45) is 2.57. The quantitative estimate of drug-likeness (QED) is 0.861. The van der Waals surface area contributed by atoms with E-state index in [2.05, 4.69) is 5.32 Å². The Morgan fingerprint density at radius 3 is 2.42 bits per heavy atom. The van der Waals surface area contributed by atoms with Crippen LogP contribution in [0.5, 0.6) is 0 Å². The molecule has 1 saturated carbocycles. The Hall–Kier alpha value is -1.30. The van der Waals surface area contributed by atoms with Gasteiger partial charge in [-0.25, -0.2) is 0 Å². The van der Waals surface area contributed by atoms with Gasteiger partial charge in [0.05, 0.1) is 6.54 Å². The van der Waals surface area contributed by atoms with Gasteiger partial charge in [-0.05, 0) is 43.5 Å². The molecular formula is C17H23Cl2N3O2. The molecule has 1 saturated heterocycles. The van der Waals surface area contributed by atoms with Crippen LogP contribution in [0.15, 0.2) is 24.3 Å². The Morgan fingerprint density at radius 2 is 1.79 bits per heavy atom. The molecule has 1 aliphatic carbocycles. The Balaban J connectivity index is 0.00000208. The minimum atomic E-state index is -0.0218.